The van der Waals surface area contributed by atoms with Gasteiger partial charge in [0.15, 0.2) is 17.4 Å². The number of hydrogen-bond donors (Lipinski definition) is 0. The van der Waals surface area contributed by atoms with Gasteiger partial charge in [0.1, 0.15) is 0 Å². The molecule has 6 heteroatoms. The van der Waals surface area contributed by atoms with Crippen LogP contribution in [0.1, 0.15) is 15.9 Å². The Morgan fingerprint density at radius 2 is 2.00 bits per heavy atom. The number of fused-ring (bicyclic) bond motifs is 1. The first-order valence-electron chi connectivity index (χ1n) is 5.44. The van der Waals surface area contributed by atoms with Crippen LogP contribution in [0, 0.1) is 11.6 Å². The summed E-state index contributed by atoms with van der Waals surface area (Å²) < 4.78 is 27.5. The summed E-state index contributed by atoms with van der Waals surface area (Å²) >= 11 is 0. The van der Waals surface area contributed by atoms with E-state index in [2.05, 4.69) is 10.1 Å². The van der Waals surface area contributed by atoms with Gasteiger partial charge in [-0.3, -0.25) is 9.78 Å². The Balaban J connectivity index is 2.11. The van der Waals surface area contributed by atoms with Crippen LogP contribution in [0.15, 0.2) is 43.0 Å². The fourth-order valence-electron chi connectivity index (χ4n) is 1.80. The van der Waals surface area contributed by atoms with Gasteiger partial charge >= 0.3 is 0 Å². The molecule has 2 heterocycles. The van der Waals surface area contributed by atoms with Crippen LogP contribution in [0.3, 0.4) is 0 Å². The Morgan fingerprint density at radius 1 is 1.16 bits per heavy atom. The van der Waals surface area contributed by atoms with Gasteiger partial charge in [-0.15, -0.1) is 0 Å². The van der Waals surface area contributed by atoms with Gasteiger partial charge in [-0.05, 0) is 18.2 Å². The van der Waals surface area contributed by atoms with E-state index in [1.165, 1.54) is 29.2 Å². The molecule has 0 fully saturated rings. The molecule has 0 saturated heterocycles. The molecule has 0 N–H and O–H groups in total. The van der Waals surface area contributed by atoms with Gasteiger partial charge in [-0.1, -0.05) is 0 Å². The lowest BCUT2D eigenvalue weighted by atomic mass is 10.1. The molecule has 3 aromatic rings. The van der Waals surface area contributed by atoms with E-state index in [4.69, 9.17) is 0 Å². The Labute approximate surface area is 106 Å². The number of carbonyl (C=O) groups is 1. The highest BCUT2D eigenvalue weighted by Gasteiger charge is 2.16. The molecular formula is C13H7F2N3O. The minimum Gasteiger partial charge on any atom is -0.288 e. The standard InChI is InChI=1S/C13H7F2N3O/c14-10-2-1-8(5-11(10)15)13(19)9-6-17-18-4-3-16-7-12(9)18/h1-7H. The number of halogens is 2. The van der Waals surface area contributed by atoms with Crippen molar-refractivity contribution in [3.05, 3.63) is 65.7 Å². The molecule has 0 saturated carbocycles. The van der Waals surface area contributed by atoms with E-state index in [1.54, 1.807) is 6.20 Å². The molecule has 1 aromatic carbocycles. The predicted molar refractivity (Wildman–Crippen MR) is 62.8 cm³/mol. The summed E-state index contributed by atoms with van der Waals surface area (Å²) in [6.07, 6.45) is 5.99. The molecule has 2 aromatic heterocycles. The molecule has 94 valence electrons. The van der Waals surface area contributed by atoms with Crippen molar-refractivity contribution in [2.75, 3.05) is 0 Å². The maximum absolute atomic E-state index is 13.1. The van der Waals surface area contributed by atoms with E-state index in [0.717, 1.165) is 12.1 Å². The van der Waals surface area contributed by atoms with E-state index in [-0.39, 0.29) is 5.56 Å². The number of benzene rings is 1. The first-order valence-corrected chi connectivity index (χ1v) is 5.44. The summed E-state index contributed by atoms with van der Waals surface area (Å²) in [6, 6.07) is 3.03. The summed E-state index contributed by atoms with van der Waals surface area (Å²) in [5, 5.41) is 3.99. The van der Waals surface area contributed by atoms with Gasteiger partial charge in [0.25, 0.3) is 0 Å². The molecule has 0 radical (unpaired) electrons. The molecule has 0 aliphatic heterocycles. The van der Waals surface area contributed by atoms with Crippen molar-refractivity contribution >= 4 is 11.3 Å². The minimum absolute atomic E-state index is 0.0673. The van der Waals surface area contributed by atoms with Crippen LogP contribution in [-0.2, 0) is 0 Å². The monoisotopic (exact) mass is 259 g/mol. The Kier molecular flexibility index (Phi) is 2.56. The van der Waals surface area contributed by atoms with Gasteiger partial charge < -0.3 is 0 Å². The van der Waals surface area contributed by atoms with Crippen molar-refractivity contribution < 1.29 is 13.6 Å². The van der Waals surface area contributed by atoms with Crippen molar-refractivity contribution in [2.45, 2.75) is 0 Å². The lowest BCUT2D eigenvalue weighted by Crippen LogP contribution is -2.02. The zero-order valence-electron chi connectivity index (χ0n) is 9.55. The average molecular weight is 259 g/mol. The van der Waals surface area contributed by atoms with Gasteiger partial charge in [0, 0.05) is 18.0 Å². The molecular weight excluding hydrogens is 252 g/mol. The van der Waals surface area contributed by atoms with Crippen molar-refractivity contribution in [3.8, 4) is 0 Å². The van der Waals surface area contributed by atoms with Crippen molar-refractivity contribution in [2.24, 2.45) is 0 Å². The first kappa shape index (κ1) is 11.5. The summed E-state index contributed by atoms with van der Waals surface area (Å²) in [5.41, 5.74) is 0.869. The van der Waals surface area contributed by atoms with Gasteiger partial charge in [0.2, 0.25) is 0 Å². The number of carbonyl (C=O) groups excluding carboxylic acids is 1. The fourth-order valence-corrected chi connectivity index (χ4v) is 1.80. The Hall–Kier alpha value is -2.63. The van der Waals surface area contributed by atoms with Crippen LogP contribution in [0.5, 0.6) is 0 Å². The number of nitrogens with zero attached hydrogens (tertiary/aromatic N) is 3. The van der Waals surface area contributed by atoms with Crippen LogP contribution in [0.25, 0.3) is 5.52 Å². The number of aromatic nitrogens is 3. The van der Waals surface area contributed by atoms with Crippen LogP contribution in [0.2, 0.25) is 0 Å². The second-order valence-corrected chi connectivity index (χ2v) is 3.92. The summed E-state index contributed by atoms with van der Waals surface area (Å²) in [7, 11) is 0. The zero-order valence-corrected chi connectivity index (χ0v) is 9.55. The van der Waals surface area contributed by atoms with Gasteiger partial charge in [-0.25, -0.2) is 13.3 Å². The maximum atomic E-state index is 13.1. The molecule has 0 aliphatic rings. The normalized spacial score (nSPS) is 10.8. The highest BCUT2D eigenvalue weighted by Crippen LogP contribution is 2.16. The fraction of sp³-hybridized carbons (Fsp3) is 0. The molecule has 0 amide bonds. The average Bonchev–Trinajstić information content (AvgIpc) is 2.85. The van der Waals surface area contributed by atoms with Gasteiger partial charge in [0.05, 0.1) is 23.5 Å². The molecule has 0 bridgehead atoms. The van der Waals surface area contributed by atoms with Gasteiger partial charge in [-0.2, -0.15) is 5.10 Å². The quantitative estimate of drug-likeness (QED) is 0.663. The summed E-state index contributed by atoms with van der Waals surface area (Å²) in [4.78, 5) is 16.1. The molecule has 19 heavy (non-hydrogen) atoms. The molecule has 0 atom stereocenters. The molecule has 0 aliphatic carbocycles. The zero-order chi connectivity index (χ0) is 13.4. The SMILES string of the molecule is O=C(c1ccc(F)c(F)c1)c1cnn2ccncc12. The predicted octanol–water partition coefficient (Wildman–Crippen LogP) is 2.24. The van der Waals surface area contributed by atoms with Crippen LogP contribution >= 0.6 is 0 Å². The highest BCUT2D eigenvalue weighted by atomic mass is 19.2. The largest absolute Gasteiger partial charge is 0.288 e. The van der Waals surface area contributed by atoms with Crippen LogP contribution in [0.4, 0.5) is 8.78 Å². The Morgan fingerprint density at radius 3 is 2.79 bits per heavy atom. The lowest BCUT2D eigenvalue weighted by Gasteiger charge is -2.00. The van der Waals surface area contributed by atoms with E-state index in [1.807, 2.05) is 0 Å². The second kappa shape index (κ2) is 4.24. The number of hydrogen-bond acceptors (Lipinski definition) is 3. The number of ketones is 1. The summed E-state index contributed by atoms with van der Waals surface area (Å²) in [6.45, 7) is 0. The van der Waals surface area contributed by atoms with E-state index in [9.17, 15) is 13.6 Å². The van der Waals surface area contributed by atoms with Crippen molar-refractivity contribution in [1.82, 2.24) is 14.6 Å². The second-order valence-electron chi connectivity index (χ2n) is 3.92. The third-order valence-corrected chi connectivity index (χ3v) is 2.75. The van der Waals surface area contributed by atoms with E-state index < -0.39 is 17.4 Å². The first-order chi connectivity index (χ1) is 9.16. The molecule has 0 unspecified atom stereocenters. The minimum atomic E-state index is -1.06. The topological polar surface area (TPSA) is 47.3 Å². The highest BCUT2D eigenvalue weighted by molar-refractivity contribution is 6.12. The smallest absolute Gasteiger partial charge is 0.196 e. The van der Waals surface area contributed by atoms with E-state index in [0.29, 0.717) is 11.1 Å². The number of rotatable bonds is 2. The molecule has 3 rings (SSSR count). The van der Waals surface area contributed by atoms with Crippen LogP contribution in [-0.4, -0.2) is 20.4 Å². The van der Waals surface area contributed by atoms with E-state index >= 15 is 0 Å². The molecule has 4 nitrogen and oxygen atoms in total. The Bertz CT molecular complexity index is 782. The third-order valence-electron chi connectivity index (χ3n) is 2.75. The lowest BCUT2D eigenvalue weighted by molar-refractivity contribution is 0.103. The van der Waals surface area contributed by atoms with Crippen LogP contribution < -0.4 is 0 Å². The van der Waals surface area contributed by atoms with Crippen molar-refractivity contribution in [3.63, 3.8) is 0 Å². The third kappa shape index (κ3) is 1.87. The summed E-state index contributed by atoms with van der Waals surface area (Å²) in [5.74, 6) is -2.47. The van der Waals surface area contributed by atoms with Crippen molar-refractivity contribution in [1.29, 1.82) is 0 Å². The maximum Gasteiger partial charge on any atom is 0.196 e. The molecule has 0 spiro atoms.